The molecule has 1 aliphatic rings. The van der Waals surface area contributed by atoms with Gasteiger partial charge in [0.1, 0.15) is 11.5 Å². The van der Waals surface area contributed by atoms with E-state index in [0.29, 0.717) is 6.61 Å². The summed E-state index contributed by atoms with van der Waals surface area (Å²) in [5.74, 6) is 0. The molecule has 1 rings (SSSR count). The van der Waals surface area contributed by atoms with Gasteiger partial charge < -0.3 is 19.3 Å². The maximum atomic E-state index is 10.9. The molecule has 0 saturated carbocycles. The van der Waals surface area contributed by atoms with Crippen LogP contribution in [0.1, 0.15) is 40.5 Å². The van der Waals surface area contributed by atoms with E-state index in [1.807, 2.05) is 0 Å². The van der Waals surface area contributed by atoms with Crippen LogP contribution in [0.15, 0.2) is 0 Å². The molecule has 5 nitrogen and oxygen atoms in total. The van der Waals surface area contributed by atoms with E-state index in [1.54, 1.807) is 27.7 Å². The van der Waals surface area contributed by atoms with Gasteiger partial charge in [0.15, 0.2) is 0 Å². The predicted molar refractivity (Wildman–Crippen MR) is 71.8 cm³/mol. The van der Waals surface area contributed by atoms with Crippen LogP contribution in [-0.4, -0.2) is 41.6 Å². The van der Waals surface area contributed by atoms with Gasteiger partial charge in [-0.3, -0.25) is 0 Å². The highest BCUT2D eigenvalue weighted by Gasteiger charge is 2.18. The molecule has 0 aliphatic carbocycles. The van der Waals surface area contributed by atoms with Gasteiger partial charge in [-0.25, -0.2) is 4.79 Å². The summed E-state index contributed by atoms with van der Waals surface area (Å²) >= 11 is 3.68. The first-order chi connectivity index (χ1) is 8.18. The van der Waals surface area contributed by atoms with Crippen molar-refractivity contribution in [3.05, 3.63) is 0 Å². The van der Waals surface area contributed by atoms with Crippen molar-refractivity contribution in [3.8, 4) is 0 Å². The van der Waals surface area contributed by atoms with Crippen molar-refractivity contribution in [2.24, 2.45) is 0 Å². The first kappa shape index (κ1) is 17.5. The van der Waals surface area contributed by atoms with Crippen molar-refractivity contribution in [1.29, 1.82) is 0 Å². The minimum atomic E-state index is -0.806. The Morgan fingerprint density at radius 3 is 2.50 bits per heavy atom. The third-order valence-electron chi connectivity index (χ3n) is 1.74. The third kappa shape index (κ3) is 13.6. The minimum absolute atomic E-state index is 0.0692. The number of aliphatic hydroxyl groups is 1. The van der Waals surface area contributed by atoms with Crippen LogP contribution < -0.4 is 0 Å². The molecule has 1 fully saturated rings. The second kappa shape index (κ2) is 8.61. The van der Waals surface area contributed by atoms with Gasteiger partial charge in [-0.2, -0.15) is 0 Å². The molecular formula is C12H24O5S. The Hall–Kier alpha value is -0.460. The van der Waals surface area contributed by atoms with Gasteiger partial charge >= 0.3 is 6.16 Å². The van der Waals surface area contributed by atoms with Crippen LogP contribution in [0.5, 0.6) is 0 Å². The molecule has 0 amide bonds. The molecule has 1 aliphatic heterocycles. The second-order valence-corrected chi connectivity index (χ2v) is 5.95. The molecule has 0 radical (unpaired) electrons. The molecule has 1 heterocycles. The number of hydrogen-bond donors (Lipinski definition) is 2. The molecule has 1 unspecified atom stereocenters. The van der Waals surface area contributed by atoms with Crippen LogP contribution in [0.2, 0.25) is 0 Å². The number of ether oxygens (including phenoxy) is 3. The Labute approximate surface area is 114 Å². The Kier molecular flexibility index (Phi) is 8.39. The lowest BCUT2D eigenvalue weighted by molar-refractivity contribution is -0.00263. The van der Waals surface area contributed by atoms with Crippen LogP contribution >= 0.6 is 12.6 Å². The smallest absolute Gasteiger partial charge is 0.432 e. The molecule has 0 bridgehead atoms. The number of hydrogen-bond acceptors (Lipinski definition) is 6. The zero-order chi connectivity index (χ0) is 14.2. The van der Waals surface area contributed by atoms with E-state index in [1.165, 1.54) is 0 Å². The van der Waals surface area contributed by atoms with Crippen LogP contribution in [-0.2, 0) is 14.2 Å². The zero-order valence-corrected chi connectivity index (χ0v) is 12.4. The average Bonchev–Trinajstić information content (AvgIpc) is 2.63. The monoisotopic (exact) mass is 280 g/mol. The summed E-state index contributed by atoms with van der Waals surface area (Å²) in [4.78, 5) is 10.1. The Bertz CT molecular complexity index is 225. The fourth-order valence-corrected chi connectivity index (χ4v) is 1.16. The minimum Gasteiger partial charge on any atom is -0.432 e. The fraction of sp³-hybridized carbons (Fsp3) is 0.917. The molecule has 0 aromatic carbocycles. The fourth-order valence-electron chi connectivity index (χ4n) is 1.16. The van der Waals surface area contributed by atoms with Crippen molar-refractivity contribution in [3.63, 3.8) is 0 Å². The lowest BCUT2D eigenvalue weighted by atomic mass is 10.2. The molecule has 0 aromatic rings. The molecule has 1 saturated heterocycles. The molecular weight excluding hydrogens is 256 g/mol. The summed E-state index contributed by atoms with van der Waals surface area (Å²) < 4.78 is 14.9. The van der Waals surface area contributed by atoms with E-state index >= 15 is 0 Å². The zero-order valence-electron chi connectivity index (χ0n) is 11.5. The van der Waals surface area contributed by atoms with Crippen molar-refractivity contribution in [2.75, 3.05) is 13.2 Å². The van der Waals surface area contributed by atoms with Crippen LogP contribution in [0, 0.1) is 0 Å². The van der Waals surface area contributed by atoms with E-state index < -0.39 is 11.1 Å². The Morgan fingerprint density at radius 1 is 1.56 bits per heavy atom. The highest BCUT2D eigenvalue weighted by atomic mass is 32.1. The van der Waals surface area contributed by atoms with Crippen LogP contribution in [0.25, 0.3) is 0 Å². The predicted octanol–water partition coefficient (Wildman–Crippen LogP) is 2.37. The number of rotatable bonds is 3. The Balaban J connectivity index is 0.000000494. The van der Waals surface area contributed by atoms with Crippen molar-refractivity contribution < 1.29 is 24.1 Å². The normalized spacial score (nSPS) is 19.2. The number of carbonyl (C=O) groups is 1. The average molecular weight is 280 g/mol. The van der Waals surface area contributed by atoms with Gasteiger partial charge in [-0.1, -0.05) is 0 Å². The molecule has 18 heavy (non-hydrogen) atoms. The molecule has 108 valence electrons. The second-order valence-electron chi connectivity index (χ2n) is 4.86. The maximum Gasteiger partial charge on any atom is 0.508 e. The Morgan fingerprint density at radius 2 is 2.11 bits per heavy atom. The lowest BCUT2D eigenvalue weighted by Gasteiger charge is -2.11. The van der Waals surface area contributed by atoms with E-state index in [9.17, 15) is 4.79 Å². The summed E-state index contributed by atoms with van der Waals surface area (Å²) in [6, 6.07) is 0. The van der Waals surface area contributed by atoms with E-state index in [0.717, 1.165) is 19.4 Å². The number of carbonyl (C=O) groups excluding carboxylic acids is 1. The quantitative estimate of drug-likeness (QED) is 0.472. The summed E-state index contributed by atoms with van der Waals surface area (Å²) in [7, 11) is 0. The van der Waals surface area contributed by atoms with Gasteiger partial charge in [0.2, 0.25) is 0 Å². The van der Waals surface area contributed by atoms with Gasteiger partial charge in [-0.15, -0.1) is 12.6 Å². The van der Waals surface area contributed by atoms with E-state index in [4.69, 9.17) is 19.3 Å². The molecule has 1 N–H and O–H groups in total. The summed E-state index contributed by atoms with van der Waals surface area (Å²) in [6.45, 7) is 7.87. The summed E-state index contributed by atoms with van der Waals surface area (Å²) in [5, 5.41) is 8.39. The lowest BCUT2D eigenvalue weighted by Crippen LogP contribution is -2.20. The molecule has 0 spiro atoms. The summed E-state index contributed by atoms with van der Waals surface area (Å²) in [6.07, 6.45) is 1.35. The topological polar surface area (TPSA) is 65.0 Å². The van der Waals surface area contributed by atoms with Crippen LogP contribution in [0.3, 0.4) is 0 Å². The highest BCUT2D eigenvalue weighted by Crippen LogP contribution is 2.12. The van der Waals surface area contributed by atoms with E-state index in [-0.39, 0.29) is 12.2 Å². The molecule has 6 heteroatoms. The van der Waals surface area contributed by atoms with Gasteiger partial charge in [0, 0.05) is 6.61 Å². The van der Waals surface area contributed by atoms with Gasteiger partial charge in [-0.05, 0) is 40.5 Å². The van der Waals surface area contributed by atoms with Crippen molar-refractivity contribution in [2.45, 2.75) is 57.7 Å². The largest absolute Gasteiger partial charge is 0.508 e. The highest BCUT2D eigenvalue weighted by molar-refractivity contribution is 7.81. The van der Waals surface area contributed by atoms with Gasteiger partial charge in [0.05, 0.1) is 12.2 Å². The van der Waals surface area contributed by atoms with E-state index in [2.05, 4.69) is 12.6 Å². The third-order valence-corrected chi connectivity index (χ3v) is 1.74. The van der Waals surface area contributed by atoms with Crippen molar-refractivity contribution >= 4 is 18.8 Å². The maximum absolute atomic E-state index is 10.9. The van der Waals surface area contributed by atoms with Gasteiger partial charge in [0.25, 0.3) is 0 Å². The standard InChI is InChI=1S/C9H16O4.C3H8OS/c1-7(2)13-9(10)12-6-8-4-3-5-11-8;1-3(2,4)5/h7-8H,3-6H2,1-2H3;4-5H,1-2H3. The first-order valence-corrected chi connectivity index (χ1v) is 6.53. The first-order valence-electron chi connectivity index (χ1n) is 6.08. The SMILES string of the molecule is CC(C)(O)S.CC(C)OC(=O)OCC1CCCO1. The van der Waals surface area contributed by atoms with Crippen LogP contribution in [0.4, 0.5) is 4.79 Å². The number of thiol groups is 1. The molecule has 1 atom stereocenters. The van der Waals surface area contributed by atoms with Crippen molar-refractivity contribution in [1.82, 2.24) is 0 Å². The molecule has 0 aromatic heterocycles. The summed E-state index contributed by atoms with van der Waals surface area (Å²) in [5.41, 5.74) is 0.